The second-order valence-electron chi connectivity index (χ2n) is 3.73. The summed E-state index contributed by atoms with van der Waals surface area (Å²) in [4.78, 5) is 21.9. The molecule has 0 aliphatic heterocycles. The number of nitro groups is 1. The number of para-hydroxylation sites is 1. The summed E-state index contributed by atoms with van der Waals surface area (Å²) in [7, 11) is 0. The van der Waals surface area contributed by atoms with Gasteiger partial charge in [-0.1, -0.05) is 18.2 Å². The maximum atomic E-state index is 11.8. The van der Waals surface area contributed by atoms with Crippen molar-refractivity contribution in [3.05, 3.63) is 64.2 Å². The van der Waals surface area contributed by atoms with Crippen LogP contribution in [0, 0.1) is 10.1 Å². The van der Waals surface area contributed by atoms with Crippen LogP contribution in [0.4, 0.5) is 11.4 Å². The first-order chi connectivity index (χ1) is 9.08. The van der Waals surface area contributed by atoms with E-state index in [0.29, 0.717) is 0 Å². The van der Waals surface area contributed by atoms with E-state index < -0.39 is 10.9 Å². The highest BCUT2D eigenvalue weighted by Gasteiger charge is 2.13. The molecule has 0 saturated heterocycles. The number of non-ortho nitro benzene ring substituents is 1. The topological polar surface area (TPSA) is 95.5 Å². The first-order valence-electron chi connectivity index (χ1n) is 5.39. The number of carbonyl (C=O) groups is 1. The van der Waals surface area contributed by atoms with Gasteiger partial charge in [0.25, 0.3) is 5.69 Å². The third-order valence-corrected chi connectivity index (χ3v) is 2.42. The van der Waals surface area contributed by atoms with Crippen molar-refractivity contribution in [3.8, 4) is 5.75 Å². The number of nitro benzene ring substituents is 1. The van der Waals surface area contributed by atoms with Gasteiger partial charge in [0.15, 0.2) is 0 Å². The molecule has 0 spiro atoms. The van der Waals surface area contributed by atoms with Crippen LogP contribution < -0.4 is 10.5 Å². The number of anilines is 1. The second kappa shape index (κ2) is 5.18. The van der Waals surface area contributed by atoms with Crippen molar-refractivity contribution in [2.75, 3.05) is 5.73 Å². The Morgan fingerprint density at radius 3 is 2.58 bits per heavy atom. The lowest BCUT2D eigenvalue weighted by Crippen LogP contribution is -2.11. The number of nitrogen functional groups attached to an aromatic ring is 1. The molecule has 6 nitrogen and oxygen atoms in total. The third-order valence-electron chi connectivity index (χ3n) is 2.42. The first-order valence-corrected chi connectivity index (χ1v) is 5.39. The van der Waals surface area contributed by atoms with Crippen molar-refractivity contribution in [1.82, 2.24) is 0 Å². The summed E-state index contributed by atoms with van der Waals surface area (Å²) < 4.78 is 5.05. The number of esters is 1. The average Bonchev–Trinajstić information content (AvgIpc) is 2.39. The fourth-order valence-electron chi connectivity index (χ4n) is 1.51. The molecular weight excluding hydrogens is 248 g/mol. The summed E-state index contributed by atoms with van der Waals surface area (Å²) in [5.74, 6) is -0.555. The van der Waals surface area contributed by atoms with Gasteiger partial charge in [-0.2, -0.15) is 0 Å². The molecule has 0 aliphatic rings. The van der Waals surface area contributed by atoms with Crippen LogP contribution >= 0.6 is 0 Å². The van der Waals surface area contributed by atoms with Crippen molar-refractivity contribution in [2.24, 2.45) is 0 Å². The predicted molar refractivity (Wildman–Crippen MR) is 68.9 cm³/mol. The summed E-state index contributed by atoms with van der Waals surface area (Å²) in [6, 6.07) is 11.8. The van der Waals surface area contributed by atoms with Gasteiger partial charge < -0.3 is 10.5 Å². The Hall–Kier alpha value is -2.89. The van der Waals surface area contributed by atoms with Gasteiger partial charge in [0.05, 0.1) is 16.6 Å². The van der Waals surface area contributed by atoms with Gasteiger partial charge >= 0.3 is 5.97 Å². The van der Waals surface area contributed by atoms with Crippen LogP contribution in [-0.2, 0) is 0 Å². The van der Waals surface area contributed by atoms with Crippen LogP contribution in [0.5, 0.6) is 5.75 Å². The first kappa shape index (κ1) is 12.6. The van der Waals surface area contributed by atoms with Crippen LogP contribution in [0.2, 0.25) is 0 Å². The molecule has 2 N–H and O–H groups in total. The molecule has 0 amide bonds. The van der Waals surface area contributed by atoms with E-state index in [9.17, 15) is 14.9 Å². The van der Waals surface area contributed by atoms with E-state index in [4.69, 9.17) is 10.5 Å². The summed E-state index contributed by atoms with van der Waals surface area (Å²) in [6.07, 6.45) is 0. The number of nitrogens with zero attached hydrogens (tertiary/aromatic N) is 1. The van der Waals surface area contributed by atoms with E-state index in [1.54, 1.807) is 18.2 Å². The SMILES string of the molecule is Nc1ccccc1C(=O)Oc1cccc([N+](=O)[O-])c1. The van der Waals surface area contributed by atoms with E-state index in [0.717, 1.165) is 0 Å². The Kier molecular flexibility index (Phi) is 3.42. The molecule has 0 saturated carbocycles. The van der Waals surface area contributed by atoms with Crippen LogP contribution in [0.15, 0.2) is 48.5 Å². The summed E-state index contributed by atoms with van der Waals surface area (Å²) in [6.45, 7) is 0. The molecule has 2 rings (SSSR count). The Labute approximate surface area is 108 Å². The molecule has 0 unspecified atom stereocenters. The number of benzene rings is 2. The Morgan fingerprint density at radius 1 is 1.16 bits per heavy atom. The van der Waals surface area contributed by atoms with Gasteiger partial charge in [-0.15, -0.1) is 0 Å². The molecule has 0 bridgehead atoms. The fourth-order valence-corrected chi connectivity index (χ4v) is 1.51. The maximum Gasteiger partial charge on any atom is 0.345 e. The molecule has 6 heteroatoms. The molecule has 0 fully saturated rings. The number of hydrogen-bond donors (Lipinski definition) is 1. The predicted octanol–water partition coefficient (Wildman–Crippen LogP) is 2.40. The monoisotopic (exact) mass is 258 g/mol. The van der Waals surface area contributed by atoms with Gasteiger partial charge in [0.1, 0.15) is 5.75 Å². The van der Waals surface area contributed by atoms with Crippen LogP contribution in [-0.4, -0.2) is 10.9 Å². The number of hydrogen-bond acceptors (Lipinski definition) is 5. The molecule has 19 heavy (non-hydrogen) atoms. The quantitative estimate of drug-likeness (QED) is 0.300. The van der Waals surface area contributed by atoms with Crippen molar-refractivity contribution >= 4 is 17.3 Å². The lowest BCUT2D eigenvalue weighted by Gasteiger charge is -2.06. The molecule has 96 valence electrons. The van der Waals surface area contributed by atoms with Gasteiger partial charge in [-0.25, -0.2) is 4.79 Å². The van der Waals surface area contributed by atoms with E-state index >= 15 is 0 Å². The minimum Gasteiger partial charge on any atom is -0.423 e. The Balaban J connectivity index is 2.22. The van der Waals surface area contributed by atoms with Crippen LogP contribution in [0.3, 0.4) is 0 Å². The molecular formula is C13H10N2O4. The third kappa shape index (κ3) is 2.86. The number of carbonyl (C=O) groups excluding carboxylic acids is 1. The largest absolute Gasteiger partial charge is 0.423 e. The smallest absolute Gasteiger partial charge is 0.345 e. The molecule has 2 aromatic rings. The minimum absolute atomic E-state index is 0.0995. The molecule has 0 heterocycles. The van der Waals surface area contributed by atoms with Crippen molar-refractivity contribution in [3.63, 3.8) is 0 Å². The zero-order chi connectivity index (χ0) is 13.8. The molecule has 0 atom stereocenters. The number of nitrogens with two attached hydrogens (primary N) is 1. The van der Waals surface area contributed by atoms with E-state index in [2.05, 4.69) is 0 Å². The van der Waals surface area contributed by atoms with Gasteiger partial charge in [-0.3, -0.25) is 10.1 Å². The molecule has 0 aromatic heterocycles. The number of rotatable bonds is 3. The van der Waals surface area contributed by atoms with Crippen molar-refractivity contribution in [2.45, 2.75) is 0 Å². The second-order valence-corrected chi connectivity index (χ2v) is 3.73. The molecule has 2 aromatic carbocycles. The average molecular weight is 258 g/mol. The van der Waals surface area contributed by atoms with Crippen LogP contribution in [0.1, 0.15) is 10.4 Å². The molecule has 0 radical (unpaired) electrons. The fraction of sp³-hybridized carbons (Fsp3) is 0. The zero-order valence-corrected chi connectivity index (χ0v) is 9.78. The highest BCUT2D eigenvalue weighted by molar-refractivity contribution is 5.96. The highest BCUT2D eigenvalue weighted by atomic mass is 16.6. The normalized spacial score (nSPS) is 9.89. The van der Waals surface area contributed by atoms with E-state index in [-0.39, 0.29) is 22.7 Å². The van der Waals surface area contributed by atoms with Crippen molar-refractivity contribution < 1.29 is 14.5 Å². The molecule has 0 aliphatic carbocycles. The van der Waals surface area contributed by atoms with Crippen molar-refractivity contribution in [1.29, 1.82) is 0 Å². The summed E-state index contributed by atoms with van der Waals surface area (Å²) >= 11 is 0. The maximum absolute atomic E-state index is 11.8. The van der Waals surface area contributed by atoms with E-state index in [1.165, 1.54) is 30.3 Å². The zero-order valence-electron chi connectivity index (χ0n) is 9.78. The number of ether oxygens (including phenoxy) is 1. The van der Waals surface area contributed by atoms with E-state index in [1.807, 2.05) is 0 Å². The highest BCUT2D eigenvalue weighted by Crippen LogP contribution is 2.21. The van der Waals surface area contributed by atoms with Gasteiger partial charge in [0, 0.05) is 11.8 Å². The van der Waals surface area contributed by atoms with Gasteiger partial charge in [-0.05, 0) is 18.2 Å². The van der Waals surface area contributed by atoms with Gasteiger partial charge in [0.2, 0.25) is 0 Å². The summed E-state index contributed by atoms with van der Waals surface area (Å²) in [5, 5.41) is 10.6. The lowest BCUT2D eigenvalue weighted by atomic mass is 10.2. The Bertz CT molecular complexity index is 640. The lowest BCUT2D eigenvalue weighted by molar-refractivity contribution is -0.384. The van der Waals surface area contributed by atoms with Crippen LogP contribution in [0.25, 0.3) is 0 Å². The Morgan fingerprint density at radius 2 is 1.89 bits per heavy atom. The standard InChI is InChI=1S/C13H10N2O4/c14-12-7-2-1-6-11(12)13(16)19-10-5-3-4-9(8-10)15(17)18/h1-8H,14H2. The summed E-state index contributed by atoms with van der Waals surface area (Å²) in [5.41, 5.74) is 6.00. The minimum atomic E-state index is -0.654.